The first-order valence-electron chi connectivity index (χ1n) is 6.33. The first-order valence-corrected chi connectivity index (χ1v) is 9.60. The maximum absolute atomic E-state index is 12.3. The van der Waals surface area contributed by atoms with E-state index in [0.717, 1.165) is 18.6 Å². The second kappa shape index (κ2) is 6.25. The molecule has 0 bridgehead atoms. The summed E-state index contributed by atoms with van der Waals surface area (Å²) in [7, 11) is -1.94. The van der Waals surface area contributed by atoms with Crippen LogP contribution in [0.25, 0.3) is 0 Å². The van der Waals surface area contributed by atoms with Crippen LogP contribution in [-0.2, 0) is 10.0 Å². The summed E-state index contributed by atoms with van der Waals surface area (Å²) in [5.74, 6) is 1.72. The maximum Gasteiger partial charge on any atom is 0.240 e. The van der Waals surface area contributed by atoms with Crippen molar-refractivity contribution in [2.24, 2.45) is 0 Å². The van der Waals surface area contributed by atoms with Crippen molar-refractivity contribution in [1.29, 1.82) is 0 Å². The molecule has 1 saturated heterocycles. The molecule has 2 rings (SSSR count). The number of nitrogens with one attached hydrogen (secondary N) is 1. The Balaban J connectivity index is 2.12. The van der Waals surface area contributed by atoms with Crippen LogP contribution in [-0.4, -0.2) is 32.6 Å². The third-order valence-electron chi connectivity index (χ3n) is 3.37. The number of hydrogen-bond donors (Lipinski definition) is 1. The number of benzene rings is 1. The van der Waals surface area contributed by atoms with E-state index in [1.165, 1.54) is 0 Å². The van der Waals surface area contributed by atoms with E-state index in [1.54, 1.807) is 25.3 Å². The molecule has 0 aliphatic carbocycles. The average Bonchev–Trinajstić information content (AvgIpc) is 2.84. The standard InChI is InChI=1S/C13H18BrNO3S2/c1-13(6-3-7-19-13)9-15-20(16,17)10-4-5-12(18-2)11(14)8-10/h4-5,8,15H,3,6-7,9H2,1-2H3. The summed E-state index contributed by atoms with van der Waals surface area (Å²) in [5.41, 5.74) is 0. The van der Waals surface area contributed by atoms with Crippen molar-refractivity contribution in [2.45, 2.75) is 29.4 Å². The van der Waals surface area contributed by atoms with Gasteiger partial charge in [-0.2, -0.15) is 11.8 Å². The normalized spacial score (nSPS) is 22.9. The smallest absolute Gasteiger partial charge is 0.240 e. The SMILES string of the molecule is COc1ccc(S(=O)(=O)NCC2(C)CCCS2)cc1Br. The lowest BCUT2D eigenvalue weighted by molar-refractivity contribution is 0.411. The molecule has 1 aromatic rings. The van der Waals surface area contributed by atoms with Crippen molar-refractivity contribution in [2.75, 3.05) is 19.4 Å². The Labute approximate surface area is 132 Å². The van der Waals surface area contributed by atoms with Gasteiger partial charge >= 0.3 is 0 Å². The molecule has 0 aromatic heterocycles. The molecule has 1 fully saturated rings. The van der Waals surface area contributed by atoms with Crippen molar-refractivity contribution in [3.63, 3.8) is 0 Å². The van der Waals surface area contributed by atoms with Crippen LogP contribution in [0.15, 0.2) is 27.6 Å². The second-order valence-electron chi connectivity index (χ2n) is 5.02. The van der Waals surface area contributed by atoms with Crippen molar-refractivity contribution < 1.29 is 13.2 Å². The van der Waals surface area contributed by atoms with Crippen molar-refractivity contribution >= 4 is 37.7 Å². The number of ether oxygens (including phenoxy) is 1. The quantitative estimate of drug-likeness (QED) is 0.853. The van der Waals surface area contributed by atoms with Gasteiger partial charge in [-0.25, -0.2) is 13.1 Å². The van der Waals surface area contributed by atoms with Gasteiger partial charge < -0.3 is 4.74 Å². The molecule has 0 spiro atoms. The van der Waals surface area contributed by atoms with Gasteiger partial charge in [-0.15, -0.1) is 0 Å². The molecule has 1 aliphatic rings. The zero-order valence-corrected chi connectivity index (χ0v) is 14.7. The van der Waals surface area contributed by atoms with E-state index in [2.05, 4.69) is 27.6 Å². The van der Waals surface area contributed by atoms with Gasteiger partial charge in [-0.3, -0.25) is 0 Å². The van der Waals surface area contributed by atoms with E-state index in [1.807, 2.05) is 11.8 Å². The number of sulfonamides is 1. The third kappa shape index (κ3) is 3.69. The molecule has 7 heteroatoms. The fourth-order valence-electron chi connectivity index (χ4n) is 2.12. The maximum atomic E-state index is 12.3. The molecule has 20 heavy (non-hydrogen) atoms. The van der Waals surface area contributed by atoms with Crippen molar-refractivity contribution in [3.8, 4) is 5.75 Å². The summed E-state index contributed by atoms with van der Waals surface area (Å²) in [5, 5.41) is 0. The Bertz CT molecular complexity index is 583. The summed E-state index contributed by atoms with van der Waals surface area (Å²) < 4.78 is 33.1. The lowest BCUT2D eigenvalue weighted by Gasteiger charge is -2.22. The van der Waals surface area contributed by atoms with Gasteiger partial charge in [-0.05, 0) is 59.6 Å². The van der Waals surface area contributed by atoms with Gasteiger partial charge in [0.15, 0.2) is 0 Å². The zero-order chi connectivity index (χ0) is 14.8. The van der Waals surface area contributed by atoms with Gasteiger partial charge in [0.05, 0.1) is 16.5 Å². The molecule has 1 N–H and O–H groups in total. The topological polar surface area (TPSA) is 55.4 Å². The first-order chi connectivity index (χ1) is 9.36. The predicted molar refractivity (Wildman–Crippen MR) is 86.0 cm³/mol. The fourth-order valence-corrected chi connectivity index (χ4v) is 5.34. The number of methoxy groups -OCH3 is 1. The van der Waals surface area contributed by atoms with Crippen molar-refractivity contribution in [1.82, 2.24) is 4.72 Å². The highest BCUT2D eigenvalue weighted by Gasteiger charge is 2.31. The summed E-state index contributed by atoms with van der Waals surface area (Å²) >= 11 is 5.14. The summed E-state index contributed by atoms with van der Waals surface area (Å²) in [6.07, 6.45) is 2.20. The van der Waals surface area contributed by atoms with Crippen LogP contribution in [0.5, 0.6) is 5.75 Å². The lowest BCUT2D eigenvalue weighted by Crippen LogP contribution is -2.36. The Kier molecular flexibility index (Phi) is 5.05. The van der Waals surface area contributed by atoms with Crippen LogP contribution in [0.1, 0.15) is 19.8 Å². The Morgan fingerprint density at radius 1 is 1.50 bits per heavy atom. The number of rotatable bonds is 5. The van der Waals surface area contributed by atoms with Crippen LogP contribution >= 0.6 is 27.7 Å². The highest BCUT2D eigenvalue weighted by Crippen LogP contribution is 2.37. The van der Waals surface area contributed by atoms with E-state index in [0.29, 0.717) is 16.8 Å². The van der Waals surface area contributed by atoms with Crippen LogP contribution in [0.3, 0.4) is 0 Å². The third-order valence-corrected chi connectivity index (χ3v) is 6.93. The van der Waals surface area contributed by atoms with Crippen molar-refractivity contribution in [3.05, 3.63) is 22.7 Å². The van der Waals surface area contributed by atoms with Gasteiger partial charge in [0.1, 0.15) is 5.75 Å². The molecule has 1 aliphatic heterocycles. The Hall–Kier alpha value is -0.240. The van der Waals surface area contributed by atoms with Crippen LogP contribution in [0.2, 0.25) is 0 Å². The van der Waals surface area contributed by atoms with E-state index >= 15 is 0 Å². The lowest BCUT2D eigenvalue weighted by atomic mass is 10.1. The highest BCUT2D eigenvalue weighted by atomic mass is 79.9. The Morgan fingerprint density at radius 2 is 2.25 bits per heavy atom. The zero-order valence-electron chi connectivity index (χ0n) is 11.5. The molecule has 1 heterocycles. The minimum atomic E-state index is -3.48. The van der Waals surface area contributed by atoms with Gasteiger partial charge in [0.2, 0.25) is 10.0 Å². The molecule has 0 amide bonds. The monoisotopic (exact) mass is 379 g/mol. The molecule has 1 atom stereocenters. The molecule has 0 radical (unpaired) electrons. The molecule has 4 nitrogen and oxygen atoms in total. The average molecular weight is 380 g/mol. The summed E-state index contributed by atoms with van der Waals surface area (Å²) in [6.45, 7) is 2.57. The molecule has 112 valence electrons. The van der Waals surface area contributed by atoms with Crippen LogP contribution in [0, 0.1) is 0 Å². The predicted octanol–water partition coefficient (Wildman–Crippen LogP) is 3.02. The minimum absolute atomic E-state index is 0.0107. The molecular weight excluding hydrogens is 362 g/mol. The number of hydrogen-bond acceptors (Lipinski definition) is 4. The van der Waals surface area contributed by atoms with Gasteiger partial charge in [0.25, 0.3) is 0 Å². The fraction of sp³-hybridized carbons (Fsp3) is 0.538. The van der Waals surface area contributed by atoms with Gasteiger partial charge in [0, 0.05) is 11.3 Å². The molecule has 1 aromatic carbocycles. The first kappa shape index (κ1) is 16.1. The second-order valence-corrected chi connectivity index (χ2v) is 9.33. The Morgan fingerprint density at radius 3 is 2.80 bits per heavy atom. The van der Waals surface area contributed by atoms with Crippen LogP contribution < -0.4 is 9.46 Å². The molecule has 1 unspecified atom stereocenters. The minimum Gasteiger partial charge on any atom is -0.496 e. The molecule has 0 saturated carbocycles. The largest absolute Gasteiger partial charge is 0.496 e. The highest BCUT2D eigenvalue weighted by molar-refractivity contribution is 9.10. The van der Waals surface area contributed by atoms with Gasteiger partial charge in [-0.1, -0.05) is 0 Å². The summed E-state index contributed by atoms with van der Waals surface area (Å²) in [4.78, 5) is 0.247. The summed E-state index contributed by atoms with van der Waals surface area (Å²) in [6, 6.07) is 4.76. The number of halogens is 1. The number of thioether (sulfide) groups is 1. The molecular formula is C13H18BrNO3S2. The van der Waals surface area contributed by atoms with E-state index in [-0.39, 0.29) is 9.64 Å². The van der Waals surface area contributed by atoms with E-state index in [9.17, 15) is 8.42 Å². The van der Waals surface area contributed by atoms with E-state index < -0.39 is 10.0 Å². The van der Waals surface area contributed by atoms with Crippen LogP contribution in [0.4, 0.5) is 0 Å². The van der Waals surface area contributed by atoms with E-state index in [4.69, 9.17) is 4.74 Å².